The van der Waals surface area contributed by atoms with E-state index >= 15 is 0 Å². The highest BCUT2D eigenvalue weighted by Gasteiger charge is 2.34. The molecule has 1 aromatic carbocycles. The second-order valence-electron chi connectivity index (χ2n) is 5.12. The molecule has 1 heterocycles. The van der Waals surface area contributed by atoms with E-state index in [1.807, 2.05) is 0 Å². The zero-order chi connectivity index (χ0) is 17.0. The van der Waals surface area contributed by atoms with Gasteiger partial charge in [0.2, 0.25) is 5.91 Å². The summed E-state index contributed by atoms with van der Waals surface area (Å²) in [7, 11) is -4.52. The molecule has 0 saturated heterocycles. The van der Waals surface area contributed by atoms with E-state index < -0.39 is 16.2 Å². The van der Waals surface area contributed by atoms with Gasteiger partial charge < -0.3 is 0 Å². The lowest BCUT2D eigenvalue weighted by Crippen LogP contribution is -2.31. The number of benzene rings is 1. The van der Waals surface area contributed by atoms with E-state index in [1.165, 1.54) is 9.62 Å². The van der Waals surface area contributed by atoms with Crippen molar-refractivity contribution in [1.82, 2.24) is 9.62 Å². The SMILES string of the molecule is O=C(CCCCCN1C(=O)c2ccccc2C1=O)NS(=O)(=O)O. The summed E-state index contributed by atoms with van der Waals surface area (Å²) in [6.45, 7) is 0.242. The Kier molecular flexibility index (Phi) is 5.12. The second kappa shape index (κ2) is 6.88. The van der Waals surface area contributed by atoms with Crippen LogP contribution < -0.4 is 4.72 Å². The maximum absolute atomic E-state index is 12.1. The number of unbranched alkanes of at least 4 members (excludes halogenated alkanes) is 2. The molecule has 0 saturated carbocycles. The van der Waals surface area contributed by atoms with Crippen LogP contribution in [0.5, 0.6) is 0 Å². The van der Waals surface area contributed by atoms with Gasteiger partial charge in [-0.3, -0.25) is 23.8 Å². The molecule has 3 amide bonds. The Balaban J connectivity index is 1.75. The van der Waals surface area contributed by atoms with Gasteiger partial charge in [0.05, 0.1) is 11.1 Å². The summed E-state index contributed by atoms with van der Waals surface area (Å²) in [5.74, 6) is -1.45. The van der Waals surface area contributed by atoms with Crippen molar-refractivity contribution in [1.29, 1.82) is 0 Å². The van der Waals surface area contributed by atoms with Gasteiger partial charge in [-0.2, -0.15) is 8.42 Å². The summed E-state index contributed by atoms with van der Waals surface area (Å²) >= 11 is 0. The van der Waals surface area contributed by atoms with Crippen LogP contribution in [0.1, 0.15) is 46.4 Å². The van der Waals surface area contributed by atoms with Crippen LogP contribution in [0.2, 0.25) is 0 Å². The van der Waals surface area contributed by atoms with E-state index in [1.54, 1.807) is 24.3 Å². The number of hydrogen-bond donors (Lipinski definition) is 2. The number of carbonyl (C=O) groups excluding carboxylic acids is 3. The third-order valence-corrected chi connectivity index (χ3v) is 3.89. The fourth-order valence-corrected chi connectivity index (χ4v) is 2.76. The average Bonchev–Trinajstić information content (AvgIpc) is 2.70. The van der Waals surface area contributed by atoms with Crippen molar-refractivity contribution in [3.63, 3.8) is 0 Å². The van der Waals surface area contributed by atoms with Crippen LogP contribution in [-0.2, 0) is 15.1 Å². The van der Waals surface area contributed by atoms with Crippen molar-refractivity contribution in [2.24, 2.45) is 0 Å². The summed E-state index contributed by atoms with van der Waals surface area (Å²) in [6, 6.07) is 6.60. The zero-order valence-electron chi connectivity index (χ0n) is 12.2. The summed E-state index contributed by atoms with van der Waals surface area (Å²) in [4.78, 5) is 36.5. The largest absolute Gasteiger partial charge is 0.359 e. The molecule has 8 nitrogen and oxygen atoms in total. The van der Waals surface area contributed by atoms with Gasteiger partial charge in [-0.05, 0) is 25.0 Å². The molecule has 2 rings (SSSR count). The van der Waals surface area contributed by atoms with Crippen LogP contribution in [0.3, 0.4) is 0 Å². The van der Waals surface area contributed by atoms with Crippen molar-refractivity contribution >= 4 is 28.0 Å². The molecule has 1 aliphatic heterocycles. The molecule has 124 valence electrons. The minimum atomic E-state index is -4.52. The summed E-state index contributed by atoms with van der Waals surface area (Å²) in [5, 5.41) is 0. The highest BCUT2D eigenvalue weighted by Crippen LogP contribution is 2.22. The number of imide groups is 1. The van der Waals surface area contributed by atoms with E-state index in [4.69, 9.17) is 4.55 Å². The molecule has 0 aliphatic carbocycles. The van der Waals surface area contributed by atoms with Gasteiger partial charge in [0.15, 0.2) is 0 Å². The van der Waals surface area contributed by atoms with Gasteiger partial charge in [0, 0.05) is 13.0 Å². The molecule has 2 N–H and O–H groups in total. The number of carbonyl (C=O) groups is 3. The molecule has 0 fully saturated rings. The molecule has 0 aromatic heterocycles. The van der Waals surface area contributed by atoms with E-state index in [-0.39, 0.29) is 24.8 Å². The molecule has 0 spiro atoms. The van der Waals surface area contributed by atoms with Crippen LogP contribution in [-0.4, -0.2) is 42.1 Å². The molecule has 1 aliphatic rings. The van der Waals surface area contributed by atoms with Gasteiger partial charge in [0.1, 0.15) is 0 Å². The molecule has 23 heavy (non-hydrogen) atoms. The molecular weight excluding hydrogens is 324 g/mol. The number of hydrogen-bond acceptors (Lipinski definition) is 5. The van der Waals surface area contributed by atoms with E-state index in [9.17, 15) is 22.8 Å². The normalized spacial score (nSPS) is 14.0. The molecule has 1 aromatic rings. The third-order valence-electron chi connectivity index (χ3n) is 3.41. The summed E-state index contributed by atoms with van der Waals surface area (Å²) < 4.78 is 30.7. The van der Waals surface area contributed by atoms with Gasteiger partial charge in [-0.25, -0.2) is 4.72 Å². The molecule has 0 bridgehead atoms. The number of nitrogens with zero attached hydrogens (tertiary/aromatic N) is 1. The highest BCUT2D eigenvalue weighted by atomic mass is 32.2. The van der Waals surface area contributed by atoms with Crippen molar-refractivity contribution < 1.29 is 27.4 Å². The Hall–Kier alpha value is -2.26. The first-order chi connectivity index (χ1) is 10.8. The van der Waals surface area contributed by atoms with Gasteiger partial charge in [-0.1, -0.05) is 18.6 Å². The Morgan fingerprint density at radius 3 is 2.13 bits per heavy atom. The lowest BCUT2D eigenvalue weighted by molar-refractivity contribution is -0.119. The quantitative estimate of drug-likeness (QED) is 0.429. The van der Waals surface area contributed by atoms with Crippen LogP contribution in [0.4, 0.5) is 0 Å². The number of rotatable bonds is 7. The third kappa shape index (κ3) is 4.36. The molecule has 9 heteroatoms. The number of amides is 3. The van der Waals surface area contributed by atoms with Gasteiger partial charge in [-0.15, -0.1) is 0 Å². The Morgan fingerprint density at radius 2 is 1.61 bits per heavy atom. The first kappa shape index (κ1) is 17.1. The smallest absolute Gasteiger partial charge is 0.274 e. The number of fused-ring (bicyclic) bond motifs is 1. The lowest BCUT2D eigenvalue weighted by atomic mass is 10.1. The Bertz CT molecular complexity index is 708. The molecule has 0 unspecified atom stereocenters. The molecular formula is C14H16N2O6S. The Labute approximate surface area is 133 Å². The summed E-state index contributed by atoms with van der Waals surface area (Å²) in [6.07, 6.45) is 1.35. The molecule has 0 atom stereocenters. The minimum Gasteiger partial charge on any atom is -0.274 e. The van der Waals surface area contributed by atoms with Gasteiger partial charge in [0.25, 0.3) is 11.8 Å². The van der Waals surface area contributed by atoms with Crippen LogP contribution in [0.15, 0.2) is 24.3 Å². The standard InChI is InChI=1S/C14H16N2O6S/c17-12(15-23(20,21)22)8-2-1-5-9-16-13(18)10-6-3-4-7-11(10)14(16)19/h3-4,6-7H,1-2,5,8-9H2,(H,15,17)(H,20,21,22). The van der Waals surface area contributed by atoms with Crippen molar-refractivity contribution in [2.75, 3.05) is 6.54 Å². The van der Waals surface area contributed by atoms with E-state index in [2.05, 4.69) is 0 Å². The van der Waals surface area contributed by atoms with Crippen molar-refractivity contribution in [3.8, 4) is 0 Å². The van der Waals surface area contributed by atoms with E-state index in [0.29, 0.717) is 30.4 Å². The average molecular weight is 340 g/mol. The van der Waals surface area contributed by atoms with Crippen molar-refractivity contribution in [2.45, 2.75) is 25.7 Å². The monoisotopic (exact) mass is 340 g/mol. The summed E-state index contributed by atoms with van der Waals surface area (Å²) in [5.41, 5.74) is 0.787. The molecule has 0 radical (unpaired) electrons. The minimum absolute atomic E-state index is 0.0676. The fourth-order valence-electron chi connectivity index (χ4n) is 2.37. The zero-order valence-corrected chi connectivity index (χ0v) is 13.0. The maximum atomic E-state index is 12.1. The van der Waals surface area contributed by atoms with Crippen molar-refractivity contribution in [3.05, 3.63) is 35.4 Å². The topological polar surface area (TPSA) is 121 Å². The van der Waals surface area contributed by atoms with Crippen LogP contribution >= 0.6 is 0 Å². The second-order valence-corrected chi connectivity index (χ2v) is 6.27. The predicted octanol–water partition coefficient (Wildman–Crippen LogP) is 0.762. The lowest BCUT2D eigenvalue weighted by Gasteiger charge is -2.13. The fraction of sp³-hybridized carbons (Fsp3) is 0.357. The predicted molar refractivity (Wildman–Crippen MR) is 80.0 cm³/mol. The highest BCUT2D eigenvalue weighted by molar-refractivity contribution is 7.84. The van der Waals surface area contributed by atoms with Crippen LogP contribution in [0.25, 0.3) is 0 Å². The first-order valence-electron chi connectivity index (χ1n) is 7.03. The number of nitrogens with one attached hydrogen (secondary N) is 1. The Morgan fingerprint density at radius 1 is 1.04 bits per heavy atom. The maximum Gasteiger partial charge on any atom is 0.359 e. The first-order valence-corrected chi connectivity index (χ1v) is 8.47. The van der Waals surface area contributed by atoms with Crippen LogP contribution in [0, 0.1) is 0 Å². The van der Waals surface area contributed by atoms with E-state index in [0.717, 1.165) is 0 Å². The van der Waals surface area contributed by atoms with Gasteiger partial charge >= 0.3 is 10.3 Å².